The van der Waals surface area contributed by atoms with Crippen LogP contribution in [0.1, 0.15) is 40.5 Å². The van der Waals surface area contributed by atoms with E-state index in [0.29, 0.717) is 5.92 Å². The van der Waals surface area contributed by atoms with E-state index in [4.69, 9.17) is 10.8 Å². The van der Waals surface area contributed by atoms with Gasteiger partial charge in [-0.15, -0.1) is 0 Å². The van der Waals surface area contributed by atoms with Crippen molar-refractivity contribution in [1.29, 1.82) is 0 Å². The van der Waals surface area contributed by atoms with Gasteiger partial charge in [0.15, 0.2) is 0 Å². The van der Waals surface area contributed by atoms with Crippen LogP contribution in [0.5, 0.6) is 0 Å². The number of rotatable bonds is 5. The number of carbonyl (C=O) groups is 1. The van der Waals surface area contributed by atoms with Gasteiger partial charge in [-0.25, -0.2) is 0 Å². The Morgan fingerprint density at radius 2 is 1.92 bits per heavy atom. The molecular weight excluding hydrogens is 166 g/mol. The Kier molecular flexibility index (Phi) is 4.40. The lowest BCUT2D eigenvalue weighted by Crippen LogP contribution is -2.32. The van der Waals surface area contributed by atoms with Crippen molar-refractivity contribution in [3.63, 3.8) is 0 Å². The molecule has 0 aliphatic heterocycles. The highest BCUT2D eigenvalue weighted by atomic mass is 16.4. The molecule has 0 spiro atoms. The van der Waals surface area contributed by atoms with E-state index in [1.54, 1.807) is 0 Å². The normalized spacial score (nSPS) is 14.6. The van der Waals surface area contributed by atoms with Crippen LogP contribution < -0.4 is 5.73 Å². The molecule has 3 nitrogen and oxygen atoms in total. The lowest BCUT2D eigenvalue weighted by atomic mass is 9.76. The summed E-state index contributed by atoms with van der Waals surface area (Å²) in [5.74, 6) is -0.292. The predicted octanol–water partition coefficient (Wildman–Crippen LogP) is 1.86. The Hall–Kier alpha value is -0.570. The molecule has 1 atom stereocenters. The average molecular weight is 187 g/mol. The van der Waals surface area contributed by atoms with Crippen LogP contribution in [-0.2, 0) is 4.79 Å². The van der Waals surface area contributed by atoms with Crippen LogP contribution >= 0.6 is 0 Å². The first-order chi connectivity index (χ1) is 5.75. The third-order valence-corrected chi connectivity index (χ3v) is 2.79. The van der Waals surface area contributed by atoms with Gasteiger partial charge in [-0.2, -0.15) is 0 Å². The minimum atomic E-state index is -0.813. The smallest absolute Gasteiger partial charge is 0.304 e. The second-order valence-corrected chi connectivity index (χ2v) is 4.71. The topological polar surface area (TPSA) is 63.3 Å². The predicted molar refractivity (Wildman–Crippen MR) is 53.5 cm³/mol. The van der Waals surface area contributed by atoms with E-state index in [9.17, 15) is 4.79 Å². The zero-order valence-corrected chi connectivity index (χ0v) is 9.00. The lowest BCUT2D eigenvalue weighted by molar-refractivity contribution is -0.137. The standard InChI is InChI=1S/C10H21NO2/c1-7(2)10(3,4)6-8(11)5-9(12)13/h7-8H,5-6,11H2,1-4H3,(H,12,13)/t8-/m1/s1. The highest BCUT2D eigenvalue weighted by molar-refractivity contribution is 5.67. The first-order valence-electron chi connectivity index (χ1n) is 4.73. The fourth-order valence-electron chi connectivity index (χ4n) is 1.21. The van der Waals surface area contributed by atoms with Gasteiger partial charge in [-0.3, -0.25) is 4.79 Å². The van der Waals surface area contributed by atoms with E-state index in [-0.39, 0.29) is 17.9 Å². The first-order valence-corrected chi connectivity index (χ1v) is 4.73. The summed E-state index contributed by atoms with van der Waals surface area (Å²) in [5, 5.41) is 8.54. The maximum atomic E-state index is 10.4. The van der Waals surface area contributed by atoms with E-state index in [0.717, 1.165) is 6.42 Å². The van der Waals surface area contributed by atoms with Gasteiger partial charge in [0.05, 0.1) is 6.42 Å². The van der Waals surface area contributed by atoms with Gasteiger partial charge < -0.3 is 10.8 Å². The van der Waals surface area contributed by atoms with Gasteiger partial charge in [0.2, 0.25) is 0 Å². The number of aliphatic carboxylic acids is 1. The Morgan fingerprint density at radius 3 is 2.23 bits per heavy atom. The van der Waals surface area contributed by atoms with Crippen LogP contribution in [0.2, 0.25) is 0 Å². The highest BCUT2D eigenvalue weighted by Crippen LogP contribution is 2.31. The molecule has 0 aromatic carbocycles. The molecule has 0 bridgehead atoms. The van der Waals surface area contributed by atoms with E-state index in [2.05, 4.69) is 27.7 Å². The summed E-state index contributed by atoms with van der Waals surface area (Å²) >= 11 is 0. The molecule has 0 aliphatic carbocycles. The van der Waals surface area contributed by atoms with E-state index < -0.39 is 5.97 Å². The fraction of sp³-hybridized carbons (Fsp3) is 0.900. The molecular formula is C10H21NO2. The Bertz CT molecular complexity index is 176. The minimum absolute atomic E-state index is 0.0656. The number of hydrogen-bond donors (Lipinski definition) is 2. The number of nitrogens with two attached hydrogens (primary N) is 1. The van der Waals surface area contributed by atoms with Crippen LogP contribution in [0.3, 0.4) is 0 Å². The van der Waals surface area contributed by atoms with Crippen molar-refractivity contribution in [3.05, 3.63) is 0 Å². The van der Waals surface area contributed by atoms with E-state index in [1.165, 1.54) is 0 Å². The van der Waals surface area contributed by atoms with Crippen molar-refractivity contribution < 1.29 is 9.90 Å². The van der Waals surface area contributed by atoms with E-state index >= 15 is 0 Å². The molecule has 0 fully saturated rings. The summed E-state index contributed by atoms with van der Waals surface area (Å²) < 4.78 is 0. The number of carboxylic acid groups (broad SMARTS) is 1. The molecule has 0 heterocycles. The van der Waals surface area contributed by atoms with Gasteiger partial charge in [0, 0.05) is 6.04 Å². The zero-order chi connectivity index (χ0) is 10.6. The fourth-order valence-corrected chi connectivity index (χ4v) is 1.21. The maximum Gasteiger partial charge on any atom is 0.304 e. The Balaban J connectivity index is 4.03. The maximum absolute atomic E-state index is 10.4. The lowest BCUT2D eigenvalue weighted by Gasteiger charge is -2.31. The second kappa shape index (κ2) is 4.61. The van der Waals surface area contributed by atoms with Crippen LogP contribution in [0, 0.1) is 11.3 Å². The van der Waals surface area contributed by atoms with Crippen molar-refractivity contribution in [3.8, 4) is 0 Å². The van der Waals surface area contributed by atoms with Gasteiger partial charge >= 0.3 is 5.97 Å². The molecule has 3 heteroatoms. The summed E-state index contributed by atoms with van der Waals surface area (Å²) in [7, 11) is 0. The van der Waals surface area contributed by atoms with Gasteiger partial charge in [-0.05, 0) is 17.8 Å². The molecule has 0 amide bonds. The first kappa shape index (κ1) is 12.4. The number of hydrogen-bond acceptors (Lipinski definition) is 2. The third kappa shape index (κ3) is 4.88. The molecule has 3 N–H and O–H groups in total. The zero-order valence-electron chi connectivity index (χ0n) is 9.00. The largest absolute Gasteiger partial charge is 0.481 e. The van der Waals surface area contributed by atoms with Crippen LogP contribution in [-0.4, -0.2) is 17.1 Å². The van der Waals surface area contributed by atoms with Crippen molar-refractivity contribution in [2.75, 3.05) is 0 Å². The molecule has 0 rings (SSSR count). The molecule has 0 saturated carbocycles. The van der Waals surface area contributed by atoms with Crippen LogP contribution in [0.15, 0.2) is 0 Å². The quantitative estimate of drug-likeness (QED) is 0.690. The monoisotopic (exact) mass is 187 g/mol. The highest BCUT2D eigenvalue weighted by Gasteiger charge is 2.25. The van der Waals surface area contributed by atoms with E-state index in [1.807, 2.05) is 0 Å². The summed E-state index contributed by atoms with van der Waals surface area (Å²) in [5.41, 5.74) is 5.84. The number of carboxylic acids is 1. The molecule has 0 aliphatic rings. The Labute approximate surface area is 80.3 Å². The van der Waals surface area contributed by atoms with Crippen molar-refractivity contribution in [2.24, 2.45) is 17.1 Å². The summed E-state index contributed by atoms with van der Waals surface area (Å²) in [6, 6.07) is -0.227. The minimum Gasteiger partial charge on any atom is -0.481 e. The van der Waals surface area contributed by atoms with Crippen molar-refractivity contribution in [2.45, 2.75) is 46.6 Å². The van der Waals surface area contributed by atoms with Crippen molar-refractivity contribution >= 4 is 5.97 Å². The third-order valence-electron chi connectivity index (χ3n) is 2.79. The second-order valence-electron chi connectivity index (χ2n) is 4.71. The molecule has 0 aromatic heterocycles. The molecule has 13 heavy (non-hydrogen) atoms. The average Bonchev–Trinajstić information content (AvgIpc) is 1.82. The van der Waals surface area contributed by atoms with Crippen molar-refractivity contribution in [1.82, 2.24) is 0 Å². The van der Waals surface area contributed by atoms with Crippen LogP contribution in [0.25, 0.3) is 0 Å². The van der Waals surface area contributed by atoms with Gasteiger partial charge in [0.1, 0.15) is 0 Å². The molecule has 0 radical (unpaired) electrons. The summed E-state index contributed by atoms with van der Waals surface area (Å²) in [4.78, 5) is 10.4. The summed E-state index contributed by atoms with van der Waals surface area (Å²) in [6.45, 7) is 8.51. The molecule has 0 aromatic rings. The molecule has 0 unspecified atom stereocenters. The molecule has 78 valence electrons. The molecule has 0 saturated heterocycles. The van der Waals surface area contributed by atoms with Crippen LogP contribution in [0.4, 0.5) is 0 Å². The van der Waals surface area contributed by atoms with Gasteiger partial charge in [0.25, 0.3) is 0 Å². The summed E-state index contributed by atoms with van der Waals surface area (Å²) in [6.07, 6.45) is 0.827. The Morgan fingerprint density at radius 1 is 1.46 bits per heavy atom. The SMILES string of the molecule is CC(C)C(C)(C)C[C@H](N)CC(=O)O. The van der Waals surface area contributed by atoms with Gasteiger partial charge in [-0.1, -0.05) is 27.7 Å².